The summed E-state index contributed by atoms with van der Waals surface area (Å²) >= 11 is 0. The summed E-state index contributed by atoms with van der Waals surface area (Å²) in [6.45, 7) is 0.387. The van der Waals surface area contributed by atoms with Crippen molar-refractivity contribution in [1.29, 1.82) is 0 Å². The maximum atomic E-state index is 12.6. The first kappa shape index (κ1) is 15.3. The van der Waals surface area contributed by atoms with Gasteiger partial charge in [-0.3, -0.25) is 0 Å². The summed E-state index contributed by atoms with van der Waals surface area (Å²) in [5.41, 5.74) is 1.38. The lowest BCUT2D eigenvalue weighted by Crippen LogP contribution is -2.11. The van der Waals surface area contributed by atoms with Gasteiger partial charge in [0.1, 0.15) is 6.33 Å². The fraction of sp³-hybridized carbons (Fsp3) is 0.267. The zero-order valence-electron chi connectivity index (χ0n) is 12.5. The molecule has 1 aromatic carbocycles. The number of benzene rings is 1. The summed E-state index contributed by atoms with van der Waals surface area (Å²) in [5.74, 6) is 0.696. The molecule has 0 saturated heterocycles. The molecule has 120 valence electrons. The van der Waals surface area contributed by atoms with Crippen molar-refractivity contribution in [1.82, 2.24) is 19.5 Å². The standard InChI is InChI=1S/C15H14F3N5/c1-22(2)13-12-14(20-8-19-13)23(9-21-12)7-10-3-5-11(6-4-10)15(16,17)18/h3-6,8-9H,7H2,1-2H3. The number of nitrogens with zero attached hydrogens (tertiary/aromatic N) is 5. The average Bonchev–Trinajstić information content (AvgIpc) is 2.90. The molecule has 2 heterocycles. The van der Waals surface area contributed by atoms with Crippen LogP contribution < -0.4 is 4.90 Å². The van der Waals surface area contributed by atoms with Crippen LogP contribution in [0.2, 0.25) is 0 Å². The monoisotopic (exact) mass is 321 g/mol. The molecule has 0 amide bonds. The number of rotatable bonds is 3. The zero-order chi connectivity index (χ0) is 16.6. The largest absolute Gasteiger partial charge is 0.416 e. The third-order valence-corrected chi connectivity index (χ3v) is 3.44. The van der Waals surface area contributed by atoms with Crippen molar-refractivity contribution >= 4 is 17.0 Å². The molecule has 0 atom stereocenters. The van der Waals surface area contributed by atoms with E-state index in [0.29, 0.717) is 23.5 Å². The number of alkyl halides is 3. The maximum Gasteiger partial charge on any atom is 0.416 e. The minimum atomic E-state index is -4.33. The Hall–Kier alpha value is -2.64. The van der Waals surface area contributed by atoms with Gasteiger partial charge in [-0.2, -0.15) is 13.2 Å². The van der Waals surface area contributed by atoms with E-state index < -0.39 is 11.7 Å². The van der Waals surface area contributed by atoms with Crippen LogP contribution >= 0.6 is 0 Å². The summed E-state index contributed by atoms with van der Waals surface area (Å²) < 4.78 is 39.5. The molecule has 0 saturated carbocycles. The van der Waals surface area contributed by atoms with Gasteiger partial charge in [0.15, 0.2) is 17.0 Å². The van der Waals surface area contributed by atoms with Gasteiger partial charge in [-0.25, -0.2) is 15.0 Å². The third-order valence-electron chi connectivity index (χ3n) is 3.44. The van der Waals surface area contributed by atoms with Gasteiger partial charge in [0.2, 0.25) is 0 Å². The molecule has 2 aromatic heterocycles. The Labute approximate surface area is 130 Å². The van der Waals surface area contributed by atoms with Crippen molar-refractivity contribution in [2.45, 2.75) is 12.7 Å². The van der Waals surface area contributed by atoms with E-state index in [1.165, 1.54) is 18.5 Å². The van der Waals surface area contributed by atoms with Gasteiger partial charge in [0, 0.05) is 14.1 Å². The van der Waals surface area contributed by atoms with E-state index in [1.807, 2.05) is 19.0 Å². The van der Waals surface area contributed by atoms with Crippen molar-refractivity contribution in [2.75, 3.05) is 19.0 Å². The van der Waals surface area contributed by atoms with E-state index in [9.17, 15) is 13.2 Å². The predicted molar refractivity (Wildman–Crippen MR) is 80.2 cm³/mol. The lowest BCUT2D eigenvalue weighted by atomic mass is 10.1. The van der Waals surface area contributed by atoms with Crippen molar-refractivity contribution in [3.63, 3.8) is 0 Å². The highest BCUT2D eigenvalue weighted by atomic mass is 19.4. The fourth-order valence-corrected chi connectivity index (χ4v) is 2.31. The molecule has 5 nitrogen and oxygen atoms in total. The van der Waals surface area contributed by atoms with Crippen LogP contribution in [0.5, 0.6) is 0 Å². The molecule has 3 aromatic rings. The number of hydrogen-bond acceptors (Lipinski definition) is 4. The quantitative estimate of drug-likeness (QED) is 0.744. The van der Waals surface area contributed by atoms with E-state index in [0.717, 1.165) is 17.7 Å². The molecule has 0 unspecified atom stereocenters. The summed E-state index contributed by atoms with van der Waals surface area (Å²) in [6, 6.07) is 5.08. The topological polar surface area (TPSA) is 46.8 Å². The Balaban J connectivity index is 1.92. The molecular weight excluding hydrogens is 307 g/mol. The van der Waals surface area contributed by atoms with Crippen LogP contribution in [0.3, 0.4) is 0 Å². The highest BCUT2D eigenvalue weighted by molar-refractivity contribution is 5.83. The molecule has 23 heavy (non-hydrogen) atoms. The van der Waals surface area contributed by atoms with E-state index >= 15 is 0 Å². The highest BCUT2D eigenvalue weighted by Crippen LogP contribution is 2.29. The lowest BCUT2D eigenvalue weighted by molar-refractivity contribution is -0.137. The van der Waals surface area contributed by atoms with Gasteiger partial charge in [-0.1, -0.05) is 12.1 Å². The third kappa shape index (κ3) is 2.96. The molecule has 0 spiro atoms. The average molecular weight is 321 g/mol. The first-order chi connectivity index (χ1) is 10.9. The Morgan fingerprint density at radius 2 is 1.74 bits per heavy atom. The number of anilines is 1. The zero-order valence-corrected chi connectivity index (χ0v) is 12.5. The Morgan fingerprint density at radius 3 is 2.35 bits per heavy atom. The molecule has 0 aliphatic heterocycles. The van der Waals surface area contributed by atoms with E-state index in [1.54, 1.807) is 10.9 Å². The summed E-state index contributed by atoms with van der Waals surface area (Å²) in [7, 11) is 3.72. The van der Waals surface area contributed by atoms with Gasteiger partial charge >= 0.3 is 6.18 Å². The van der Waals surface area contributed by atoms with Crippen molar-refractivity contribution in [3.05, 3.63) is 48.0 Å². The molecule has 3 rings (SSSR count). The van der Waals surface area contributed by atoms with Crippen LogP contribution in [0.1, 0.15) is 11.1 Å². The Bertz CT molecular complexity index is 821. The van der Waals surface area contributed by atoms with Gasteiger partial charge in [-0.15, -0.1) is 0 Å². The smallest absolute Gasteiger partial charge is 0.361 e. The Morgan fingerprint density at radius 1 is 1.04 bits per heavy atom. The normalized spacial score (nSPS) is 11.9. The van der Waals surface area contributed by atoms with Crippen LogP contribution in [-0.2, 0) is 12.7 Å². The molecule has 8 heteroatoms. The molecule has 0 aliphatic rings. The lowest BCUT2D eigenvalue weighted by Gasteiger charge is -2.11. The summed E-state index contributed by atoms with van der Waals surface area (Å²) in [4.78, 5) is 14.5. The van der Waals surface area contributed by atoms with Crippen LogP contribution in [-0.4, -0.2) is 33.6 Å². The molecular formula is C15H14F3N5. The van der Waals surface area contributed by atoms with Crippen LogP contribution in [0.15, 0.2) is 36.9 Å². The fourth-order valence-electron chi connectivity index (χ4n) is 2.31. The van der Waals surface area contributed by atoms with E-state index in [4.69, 9.17) is 0 Å². The van der Waals surface area contributed by atoms with Crippen molar-refractivity contribution in [3.8, 4) is 0 Å². The van der Waals surface area contributed by atoms with Crippen LogP contribution in [0.25, 0.3) is 11.2 Å². The minimum Gasteiger partial charge on any atom is -0.361 e. The highest BCUT2D eigenvalue weighted by Gasteiger charge is 2.29. The van der Waals surface area contributed by atoms with Crippen LogP contribution in [0.4, 0.5) is 19.0 Å². The van der Waals surface area contributed by atoms with Gasteiger partial charge in [0.25, 0.3) is 0 Å². The molecule has 0 N–H and O–H groups in total. The van der Waals surface area contributed by atoms with Gasteiger partial charge in [0.05, 0.1) is 18.4 Å². The minimum absolute atomic E-state index is 0.387. The van der Waals surface area contributed by atoms with Gasteiger partial charge < -0.3 is 9.47 Å². The SMILES string of the molecule is CN(C)c1ncnc2c1ncn2Cc1ccc(C(F)(F)F)cc1. The van der Waals surface area contributed by atoms with E-state index in [2.05, 4.69) is 15.0 Å². The van der Waals surface area contributed by atoms with Crippen molar-refractivity contribution in [2.24, 2.45) is 0 Å². The summed E-state index contributed by atoms with van der Waals surface area (Å²) in [5, 5.41) is 0. The second-order valence-electron chi connectivity index (χ2n) is 5.33. The van der Waals surface area contributed by atoms with Crippen molar-refractivity contribution < 1.29 is 13.2 Å². The first-order valence-electron chi connectivity index (χ1n) is 6.85. The number of halogens is 3. The number of imidazole rings is 1. The van der Waals surface area contributed by atoms with E-state index in [-0.39, 0.29) is 0 Å². The molecule has 0 bridgehead atoms. The maximum absolute atomic E-state index is 12.6. The first-order valence-corrected chi connectivity index (χ1v) is 6.85. The Kier molecular flexibility index (Phi) is 3.67. The molecule has 0 fully saturated rings. The predicted octanol–water partition coefficient (Wildman–Crippen LogP) is 2.96. The molecule has 0 radical (unpaired) electrons. The molecule has 0 aliphatic carbocycles. The number of hydrogen-bond donors (Lipinski definition) is 0. The number of aromatic nitrogens is 4. The number of fused-ring (bicyclic) bond motifs is 1. The van der Waals surface area contributed by atoms with Gasteiger partial charge in [-0.05, 0) is 17.7 Å². The summed E-state index contributed by atoms with van der Waals surface area (Å²) in [6.07, 6.45) is -1.26. The second-order valence-corrected chi connectivity index (χ2v) is 5.33. The second kappa shape index (κ2) is 5.53. The van der Waals surface area contributed by atoms with Crippen LogP contribution in [0, 0.1) is 0 Å².